The number of carbonyl (C=O) groups is 1. The van der Waals surface area contributed by atoms with Crippen LogP contribution in [0.1, 0.15) is 27.7 Å². The van der Waals surface area contributed by atoms with Crippen LogP contribution in [0.2, 0.25) is 0 Å². The molecule has 17 heavy (non-hydrogen) atoms. The normalized spacial score (nSPS) is 12.2. The van der Waals surface area contributed by atoms with Crippen LogP contribution in [0, 0.1) is 5.21 Å². The minimum absolute atomic E-state index is 0.307. The van der Waals surface area contributed by atoms with Crippen molar-refractivity contribution in [3.05, 3.63) is 5.21 Å². The van der Waals surface area contributed by atoms with Gasteiger partial charge in [0.05, 0.1) is 18.1 Å². The minimum atomic E-state index is -1.10. The molecule has 8 heteroatoms. The van der Waals surface area contributed by atoms with Gasteiger partial charge in [0.1, 0.15) is 5.54 Å². The van der Waals surface area contributed by atoms with Crippen molar-refractivity contribution in [2.45, 2.75) is 33.2 Å². The second-order valence-corrected chi connectivity index (χ2v) is 3.87. The van der Waals surface area contributed by atoms with Gasteiger partial charge >= 0.3 is 5.97 Å². The Morgan fingerprint density at radius 2 is 2.00 bits per heavy atom. The van der Waals surface area contributed by atoms with Crippen LogP contribution in [0.4, 0.5) is 0 Å². The molecule has 0 aromatic rings. The van der Waals surface area contributed by atoms with E-state index in [1.807, 2.05) is 0 Å². The van der Waals surface area contributed by atoms with Crippen LogP contribution >= 0.6 is 0 Å². The molecule has 100 valence electrons. The van der Waals surface area contributed by atoms with Crippen LogP contribution in [0.25, 0.3) is 0 Å². The molecular formula is C9H20N4O4. The first kappa shape index (κ1) is 15.4. The number of nitrogens with zero attached hydrogens (tertiary/aromatic N) is 3. The van der Waals surface area contributed by atoms with Crippen LogP contribution in [-0.2, 0) is 14.4 Å². The Kier molecular flexibility index (Phi) is 6.26. The third-order valence-corrected chi connectivity index (χ3v) is 1.87. The molecule has 8 nitrogen and oxygen atoms in total. The molecule has 0 aliphatic heterocycles. The molecule has 0 fully saturated rings. The minimum Gasteiger partial charge on any atom is -0.569 e. The summed E-state index contributed by atoms with van der Waals surface area (Å²) >= 11 is 0. The van der Waals surface area contributed by atoms with E-state index in [4.69, 9.17) is 5.73 Å². The van der Waals surface area contributed by atoms with Crippen molar-refractivity contribution < 1.29 is 19.3 Å². The van der Waals surface area contributed by atoms with E-state index in [1.165, 1.54) is 18.9 Å². The Morgan fingerprint density at radius 3 is 2.41 bits per heavy atom. The van der Waals surface area contributed by atoms with E-state index in [0.29, 0.717) is 18.1 Å². The topological polar surface area (TPSA) is 103 Å². The number of esters is 1. The quantitative estimate of drug-likeness (QED) is 0.174. The van der Waals surface area contributed by atoms with E-state index in [-0.39, 0.29) is 0 Å². The van der Waals surface area contributed by atoms with Gasteiger partial charge in [-0.25, -0.2) is 4.79 Å². The van der Waals surface area contributed by atoms with Crippen LogP contribution in [-0.4, -0.2) is 41.4 Å². The van der Waals surface area contributed by atoms with E-state index in [9.17, 15) is 10.0 Å². The summed E-state index contributed by atoms with van der Waals surface area (Å²) in [6.07, 6.45) is 0. The number of rotatable bonds is 7. The fourth-order valence-electron chi connectivity index (χ4n) is 0.856. The maximum Gasteiger partial charge on any atom is 0.328 e. The van der Waals surface area contributed by atoms with Gasteiger partial charge in [-0.1, -0.05) is 0 Å². The number of ether oxygens (including phenoxy) is 1. The summed E-state index contributed by atoms with van der Waals surface area (Å²) in [5.74, 6) is -0.631. The average Bonchev–Trinajstić information content (AvgIpc) is 2.24. The fraction of sp³-hybridized carbons (Fsp3) is 0.889. The Balaban J connectivity index is 3.99. The Bertz CT molecular complexity index is 271. The molecule has 2 N–H and O–H groups in total. The maximum absolute atomic E-state index is 11.2. The highest BCUT2D eigenvalue weighted by molar-refractivity contribution is 5.79. The Morgan fingerprint density at radius 1 is 1.47 bits per heavy atom. The lowest BCUT2D eigenvalue weighted by Gasteiger charge is -2.16. The molecule has 0 saturated carbocycles. The van der Waals surface area contributed by atoms with Crippen LogP contribution in [0.5, 0.6) is 0 Å². The van der Waals surface area contributed by atoms with Crippen LogP contribution < -0.4 is 5.73 Å². The third kappa shape index (κ3) is 5.91. The third-order valence-electron chi connectivity index (χ3n) is 1.87. The van der Waals surface area contributed by atoms with Crippen molar-refractivity contribution in [2.24, 2.45) is 11.0 Å². The summed E-state index contributed by atoms with van der Waals surface area (Å²) in [5, 5.41) is 15.8. The zero-order valence-electron chi connectivity index (χ0n) is 10.7. The van der Waals surface area contributed by atoms with Crippen molar-refractivity contribution in [2.75, 3.05) is 19.9 Å². The molecule has 0 amide bonds. The zero-order valence-corrected chi connectivity index (χ0v) is 10.7. The smallest absolute Gasteiger partial charge is 0.328 e. The Labute approximate surface area is 100 Å². The van der Waals surface area contributed by atoms with E-state index >= 15 is 0 Å². The first-order valence-electron chi connectivity index (χ1n) is 5.34. The molecule has 0 bridgehead atoms. The van der Waals surface area contributed by atoms with E-state index in [0.717, 1.165) is 0 Å². The van der Waals surface area contributed by atoms with Gasteiger partial charge < -0.3 is 20.5 Å². The fourth-order valence-corrected chi connectivity index (χ4v) is 0.856. The first-order chi connectivity index (χ1) is 7.82. The highest BCUT2D eigenvalue weighted by Gasteiger charge is 2.23. The molecule has 0 aliphatic carbocycles. The average molecular weight is 248 g/mol. The number of hydrogen-bond acceptors (Lipinski definition) is 6. The predicted octanol–water partition coefficient (Wildman–Crippen LogP) is 0.375. The van der Waals surface area contributed by atoms with Crippen LogP contribution in [0.15, 0.2) is 5.28 Å². The summed E-state index contributed by atoms with van der Waals surface area (Å²) in [6, 6.07) is 0. The number of nitrogens with two attached hydrogens (primary N) is 1. The summed E-state index contributed by atoms with van der Waals surface area (Å²) in [5.41, 5.74) is 4.37. The molecule has 0 spiro atoms. The molecular weight excluding hydrogens is 228 g/mol. The number of hydrogen-bond donors (Lipinski definition) is 1. The molecule has 0 aliphatic rings. The number of carbonyl (C=O) groups excluding carboxylic acids is 1. The standard InChI is InChI=1S/C9H20N4O4/c1-5-12(6-2)13(15)11-17-7-16-8(14)9(3,4)10/h5-7,10H2,1-4H3/b13-11+. The molecule has 0 aromatic heterocycles. The van der Waals surface area contributed by atoms with Gasteiger partial charge in [-0.05, 0) is 27.7 Å². The summed E-state index contributed by atoms with van der Waals surface area (Å²) in [6.45, 7) is 7.18. The molecule has 0 atom stereocenters. The van der Waals surface area contributed by atoms with Crippen molar-refractivity contribution in [1.82, 2.24) is 5.01 Å². The predicted molar refractivity (Wildman–Crippen MR) is 59.3 cm³/mol. The van der Waals surface area contributed by atoms with Gasteiger partial charge in [-0.3, -0.25) is 0 Å². The molecule has 0 heterocycles. The monoisotopic (exact) mass is 248 g/mol. The highest BCUT2D eigenvalue weighted by atomic mass is 16.8. The van der Waals surface area contributed by atoms with Crippen molar-refractivity contribution in [3.63, 3.8) is 0 Å². The van der Waals surface area contributed by atoms with Crippen LogP contribution in [0.3, 0.4) is 0 Å². The summed E-state index contributed by atoms with van der Waals surface area (Å²) < 4.78 is 4.64. The van der Waals surface area contributed by atoms with Crippen molar-refractivity contribution >= 4 is 5.97 Å². The molecule has 0 rings (SSSR count). The number of hydrazine groups is 1. The van der Waals surface area contributed by atoms with Crippen molar-refractivity contribution in [3.8, 4) is 0 Å². The highest BCUT2D eigenvalue weighted by Crippen LogP contribution is 2.00. The summed E-state index contributed by atoms with van der Waals surface area (Å²) in [7, 11) is 0. The SMILES string of the molecule is CCN(CC)/[N+]([O-])=N\OCOC(=O)C(C)(C)N. The van der Waals surface area contributed by atoms with E-state index < -0.39 is 18.3 Å². The molecule has 0 radical (unpaired) electrons. The van der Waals surface area contributed by atoms with Gasteiger partial charge in [0, 0.05) is 0 Å². The van der Waals surface area contributed by atoms with Crippen molar-refractivity contribution in [1.29, 1.82) is 0 Å². The first-order valence-corrected chi connectivity index (χ1v) is 5.34. The van der Waals surface area contributed by atoms with Gasteiger partial charge in [0.25, 0.3) is 6.79 Å². The summed E-state index contributed by atoms with van der Waals surface area (Å²) in [4.78, 5) is 16.0. The Hall–Kier alpha value is -1.57. The van der Waals surface area contributed by atoms with Gasteiger partial charge in [-0.2, -0.15) is 0 Å². The van der Waals surface area contributed by atoms with Gasteiger partial charge in [0.2, 0.25) is 5.28 Å². The lowest BCUT2D eigenvalue weighted by molar-refractivity contribution is -0.710. The molecule has 0 unspecified atom stereocenters. The van der Waals surface area contributed by atoms with E-state index in [2.05, 4.69) is 14.9 Å². The largest absolute Gasteiger partial charge is 0.569 e. The van der Waals surface area contributed by atoms with E-state index in [1.54, 1.807) is 13.8 Å². The lowest BCUT2D eigenvalue weighted by atomic mass is 10.1. The van der Waals surface area contributed by atoms with Gasteiger partial charge in [0.15, 0.2) is 0 Å². The lowest BCUT2D eigenvalue weighted by Crippen LogP contribution is -2.43. The second kappa shape index (κ2) is 6.89. The molecule has 0 aromatic carbocycles. The van der Waals surface area contributed by atoms with Gasteiger partial charge in [-0.15, -0.1) is 5.01 Å². The zero-order chi connectivity index (χ0) is 13.5. The maximum atomic E-state index is 11.2. The second-order valence-electron chi connectivity index (χ2n) is 3.87. The molecule has 0 saturated heterocycles.